The van der Waals surface area contributed by atoms with Crippen LogP contribution < -0.4 is 10.1 Å². The molecule has 2 N–H and O–H groups in total. The van der Waals surface area contributed by atoms with Crippen molar-refractivity contribution in [3.8, 4) is 5.75 Å². The van der Waals surface area contributed by atoms with Gasteiger partial charge in [0.2, 0.25) is 0 Å². The van der Waals surface area contributed by atoms with Gasteiger partial charge < -0.3 is 19.7 Å². The molecular weight excluding hydrogens is 746 g/mol. The highest BCUT2D eigenvalue weighted by Crippen LogP contribution is 2.43. The molecule has 0 unspecified atom stereocenters. The Labute approximate surface area is 268 Å². The SMILES string of the molecule is CC(C)(O)Cc1c(SC(C)(C)C)c2cc(OCC(=O)NCc3ccc(I)cc3)ccc2n1Cc1ccc(I)cc1. The predicted octanol–water partition coefficient (Wildman–Crippen LogP) is 7.80. The summed E-state index contributed by atoms with van der Waals surface area (Å²) in [6.45, 7) is 11.4. The lowest BCUT2D eigenvalue weighted by atomic mass is 10.0. The van der Waals surface area contributed by atoms with Gasteiger partial charge in [0.25, 0.3) is 5.91 Å². The summed E-state index contributed by atoms with van der Waals surface area (Å²) in [6.07, 6.45) is 0.515. The maximum atomic E-state index is 12.5. The van der Waals surface area contributed by atoms with E-state index >= 15 is 0 Å². The van der Waals surface area contributed by atoms with E-state index < -0.39 is 5.60 Å². The number of ether oxygens (including phenoxy) is 1. The molecule has 0 aliphatic carbocycles. The molecular formula is C32H36I2N2O3S. The molecule has 0 aliphatic rings. The van der Waals surface area contributed by atoms with Gasteiger partial charge in [-0.3, -0.25) is 4.79 Å². The minimum absolute atomic E-state index is 0.0391. The highest BCUT2D eigenvalue weighted by Gasteiger charge is 2.27. The summed E-state index contributed by atoms with van der Waals surface area (Å²) in [5.74, 6) is 0.482. The van der Waals surface area contributed by atoms with Crippen LogP contribution >= 0.6 is 56.9 Å². The first-order valence-electron chi connectivity index (χ1n) is 13.2. The molecule has 5 nitrogen and oxygen atoms in total. The standard InChI is InChI=1S/C32H36I2N2O3S/c1-31(2,3)40-30-26-16-25(39-20-29(37)35-18-21-6-10-23(33)11-7-21)14-15-27(26)36(28(30)17-32(4,5)38)19-22-8-12-24(34)13-9-22/h6-16,38H,17-20H2,1-5H3,(H,35,37). The Morgan fingerprint density at radius 3 is 2.10 bits per heavy atom. The van der Waals surface area contributed by atoms with Gasteiger partial charge in [0.15, 0.2) is 6.61 Å². The molecule has 0 bridgehead atoms. The van der Waals surface area contributed by atoms with E-state index in [4.69, 9.17) is 4.74 Å². The molecule has 0 radical (unpaired) electrons. The number of hydrogen-bond donors (Lipinski definition) is 2. The molecule has 1 aromatic heterocycles. The Morgan fingerprint density at radius 2 is 1.52 bits per heavy atom. The van der Waals surface area contributed by atoms with Crippen LogP contribution in [0.3, 0.4) is 0 Å². The van der Waals surface area contributed by atoms with Crippen LogP contribution in [0.4, 0.5) is 0 Å². The maximum absolute atomic E-state index is 12.5. The summed E-state index contributed by atoms with van der Waals surface area (Å²) in [5, 5.41) is 14.9. The third kappa shape index (κ3) is 8.87. The van der Waals surface area contributed by atoms with Gasteiger partial charge in [-0.25, -0.2) is 0 Å². The van der Waals surface area contributed by atoms with Gasteiger partial charge in [0.1, 0.15) is 5.75 Å². The van der Waals surface area contributed by atoms with Crippen LogP contribution in [-0.2, 0) is 24.3 Å². The zero-order valence-corrected chi connectivity index (χ0v) is 28.7. The largest absolute Gasteiger partial charge is 0.484 e. The zero-order valence-electron chi connectivity index (χ0n) is 23.6. The molecule has 0 aliphatic heterocycles. The van der Waals surface area contributed by atoms with E-state index in [1.165, 1.54) is 9.13 Å². The average Bonchev–Trinajstić information content (AvgIpc) is 3.12. The van der Waals surface area contributed by atoms with Crippen molar-refractivity contribution in [3.05, 3.63) is 90.7 Å². The van der Waals surface area contributed by atoms with Crippen LogP contribution in [0.1, 0.15) is 51.4 Å². The summed E-state index contributed by atoms with van der Waals surface area (Å²) in [5.41, 5.74) is 3.56. The minimum atomic E-state index is -0.875. The second kappa shape index (κ2) is 13.0. The predicted molar refractivity (Wildman–Crippen MR) is 182 cm³/mol. The van der Waals surface area contributed by atoms with Gasteiger partial charge in [-0.15, -0.1) is 11.8 Å². The quantitative estimate of drug-likeness (QED) is 0.128. The Hall–Kier alpha value is -1.76. The van der Waals surface area contributed by atoms with Crippen LogP contribution in [0.2, 0.25) is 0 Å². The summed E-state index contributed by atoms with van der Waals surface area (Å²) in [7, 11) is 0. The van der Waals surface area contributed by atoms with E-state index in [1.54, 1.807) is 11.8 Å². The van der Waals surface area contributed by atoms with E-state index in [1.807, 2.05) is 50.2 Å². The van der Waals surface area contributed by atoms with Gasteiger partial charge in [-0.05, 0) is 113 Å². The third-order valence-electron chi connectivity index (χ3n) is 6.13. The number of aliphatic hydroxyl groups is 1. The number of benzene rings is 3. The van der Waals surface area contributed by atoms with Crippen molar-refractivity contribution in [1.29, 1.82) is 0 Å². The van der Waals surface area contributed by atoms with Crippen LogP contribution in [0, 0.1) is 7.14 Å². The molecule has 4 rings (SSSR count). The van der Waals surface area contributed by atoms with E-state index in [-0.39, 0.29) is 17.3 Å². The van der Waals surface area contributed by atoms with Gasteiger partial charge in [-0.1, -0.05) is 45.0 Å². The number of nitrogens with one attached hydrogen (secondary N) is 1. The van der Waals surface area contributed by atoms with E-state index in [0.717, 1.165) is 30.6 Å². The van der Waals surface area contributed by atoms with Crippen LogP contribution in [0.15, 0.2) is 71.6 Å². The molecule has 8 heteroatoms. The fourth-order valence-corrected chi connectivity index (χ4v) is 6.31. The molecule has 1 amide bonds. The fourth-order valence-electron chi connectivity index (χ4n) is 4.41. The Kier molecular flexibility index (Phi) is 10.2. The number of carbonyl (C=O) groups excluding carboxylic acids is 1. The number of carbonyl (C=O) groups is 1. The first kappa shape index (κ1) is 31.2. The number of hydrogen-bond acceptors (Lipinski definition) is 4. The van der Waals surface area contributed by atoms with Crippen molar-refractivity contribution in [2.45, 2.75) is 69.4 Å². The molecule has 1 heterocycles. The topological polar surface area (TPSA) is 63.5 Å². The first-order chi connectivity index (χ1) is 18.8. The van der Waals surface area contributed by atoms with Crippen molar-refractivity contribution >= 4 is 73.8 Å². The number of amides is 1. The normalized spacial score (nSPS) is 12.1. The maximum Gasteiger partial charge on any atom is 0.258 e. The average molecular weight is 783 g/mol. The van der Waals surface area contributed by atoms with E-state index in [9.17, 15) is 9.90 Å². The monoisotopic (exact) mass is 782 g/mol. The molecule has 0 spiro atoms. The lowest BCUT2D eigenvalue weighted by molar-refractivity contribution is -0.123. The summed E-state index contributed by atoms with van der Waals surface area (Å²) < 4.78 is 10.6. The van der Waals surface area contributed by atoms with E-state index in [2.05, 4.69) is 106 Å². The molecule has 0 saturated heterocycles. The number of aromatic nitrogens is 1. The Morgan fingerprint density at radius 1 is 0.925 bits per heavy atom. The number of halogens is 2. The van der Waals surface area contributed by atoms with Crippen LogP contribution in [0.5, 0.6) is 5.75 Å². The van der Waals surface area contributed by atoms with Crippen LogP contribution in [0.25, 0.3) is 10.9 Å². The van der Waals surface area contributed by atoms with Crippen molar-refractivity contribution in [3.63, 3.8) is 0 Å². The van der Waals surface area contributed by atoms with Crippen LogP contribution in [-0.4, -0.2) is 32.5 Å². The number of nitrogens with zero attached hydrogens (tertiary/aromatic N) is 1. The fraction of sp³-hybridized carbons (Fsp3) is 0.344. The van der Waals surface area contributed by atoms with Crippen molar-refractivity contribution in [2.75, 3.05) is 6.61 Å². The lowest BCUT2D eigenvalue weighted by Crippen LogP contribution is -2.28. The molecule has 0 fully saturated rings. The second-order valence-electron chi connectivity index (χ2n) is 11.6. The number of fused-ring (bicyclic) bond motifs is 1. The lowest BCUT2D eigenvalue weighted by Gasteiger charge is -2.23. The first-order valence-corrected chi connectivity index (χ1v) is 16.2. The zero-order chi connectivity index (χ0) is 29.1. The van der Waals surface area contributed by atoms with E-state index in [0.29, 0.717) is 25.3 Å². The summed E-state index contributed by atoms with van der Waals surface area (Å²) in [4.78, 5) is 13.7. The highest BCUT2D eigenvalue weighted by atomic mass is 127. The second-order valence-corrected chi connectivity index (χ2v) is 15.9. The molecule has 3 aromatic carbocycles. The third-order valence-corrected chi connectivity index (χ3v) is 8.84. The van der Waals surface area contributed by atoms with Crippen molar-refractivity contribution in [1.82, 2.24) is 9.88 Å². The molecule has 212 valence electrons. The summed E-state index contributed by atoms with van der Waals surface area (Å²) >= 11 is 6.39. The molecule has 4 aromatic rings. The smallest absolute Gasteiger partial charge is 0.258 e. The number of rotatable bonds is 10. The molecule has 40 heavy (non-hydrogen) atoms. The molecule has 0 saturated carbocycles. The van der Waals surface area contributed by atoms with Gasteiger partial charge >= 0.3 is 0 Å². The van der Waals surface area contributed by atoms with Gasteiger partial charge in [0.05, 0.1) is 5.60 Å². The Balaban J connectivity index is 1.64. The van der Waals surface area contributed by atoms with Crippen molar-refractivity contribution < 1.29 is 14.6 Å². The number of thioether (sulfide) groups is 1. The van der Waals surface area contributed by atoms with Crippen molar-refractivity contribution in [2.24, 2.45) is 0 Å². The highest BCUT2D eigenvalue weighted by molar-refractivity contribution is 14.1. The molecule has 0 atom stereocenters. The minimum Gasteiger partial charge on any atom is -0.484 e. The summed E-state index contributed by atoms with van der Waals surface area (Å²) in [6, 6.07) is 22.7. The Bertz CT molecular complexity index is 1470. The van der Waals surface area contributed by atoms with Gasteiger partial charge in [-0.2, -0.15) is 0 Å². The van der Waals surface area contributed by atoms with Gasteiger partial charge in [0, 0.05) is 52.9 Å².